The number of rotatable bonds is 20. The Balaban J connectivity index is 2.27. The number of aromatic amines is 1. The van der Waals surface area contributed by atoms with Crippen molar-refractivity contribution in [3.63, 3.8) is 0 Å². The summed E-state index contributed by atoms with van der Waals surface area (Å²) in [5.41, 5.74) is 13.0. The molecule has 0 aliphatic heterocycles. The Hall–Kier alpha value is -4.50. The van der Waals surface area contributed by atoms with E-state index < -0.39 is 78.2 Å². The van der Waals surface area contributed by atoms with Gasteiger partial charge in [0.25, 0.3) is 0 Å². The lowest BCUT2D eigenvalue weighted by molar-refractivity contribution is -0.138. The van der Waals surface area contributed by atoms with Gasteiger partial charge in [-0.05, 0) is 62.6 Å². The summed E-state index contributed by atoms with van der Waals surface area (Å²) >= 11 is 0. The molecule has 0 radical (unpaired) electrons. The molecule has 1 aromatic heterocycles. The van der Waals surface area contributed by atoms with E-state index in [2.05, 4.69) is 31.6 Å². The fraction of sp³-hybridized carbons (Fsp3) is 0.576. The van der Waals surface area contributed by atoms with E-state index >= 15 is 0 Å². The number of aliphatic carboxylic acids is 1. The van der Waals surface area contributed by atoms with Gasteiger partial charge in [-0.15, -0.1) is 0 Å². The van der Waals surface area contributed by atoms with Gasteiger partial charge < -0.3 is 48.1 Å². The van der Waals surface area contributed by atoms with Crippen LogP contribution in [0.4, 0.5) is 0 Å². The molecule has 1 heterocycles. The lowest BCUT2D eigenvalue weighted by Crippen LogP contribution is -2.60. The SMILES string of the molecule is CC(C)C[C@H](NC(=O)[C@H](Cc1c[nH]c2ccccc12)NC(=O)[C@H](C)N)C(=O)N[C@H](C(=O)N[C@@H](CCCCN)C(=O)NCC(=O)O)C(C)C. The van der Waals surface area contributed by atoms with E-state index in [1.54, 1.807) is 20.0 Å². The second-order valence-electron chi connectivity index (χ2n) is 12.8. The minimum absolute atomic E-state index is 0.0389. The topological polar surface area (TPSA) is 251 Å². The highest BCUT2D eigenvalue weighted by atomic mass is 16.4. The quantitative estimate of drug-likeness (QED) is 0.0859. The van der Waals surface area contributed by atoms with Crippen LogP contribution in [-0.2, 0) is 35.2 Å². The van der Waals surface area contributed by atoms with Gasteiger partial charge in [0.1, 0.15) is 30.7 Å². The van der Waals surface area contributed by atoms with E-state index in [4.69, 9.17) is 16.6 Å². The summed E-state index contributed by atoms with van der Waals surface area (Å²) in [4.78, 5) is 80.4. The Kier molecular flexibility index (Phi) is 16.0. The maximum Gasteiger partial charge on any atom is 0.322 e. The molecule has 48 heavy (non-hydrogen) atoms. The number of carboxylic acids is 1. The molecule has 5 atom stereocenters. The molecule has 0 unspecified atom stereocenters. The van der Waals surface area contributed by atoms with Gasteiger partial charge in [0, 0.05) is 23.5 Å². The Labute approximate surface area is 281 Å². The van der Waals surface area contributed by atoms with Gasteiger partial charge in [0.05, 0.1) is 6.04 Å². The van der Waals surface area contributed by atoms with Gasteiger partial charge in [-0.2, -0.15) is 0 Å². The molecule has 266 valence electrons. The minimum Gasteiger partial charge on any atom is -0.480 e. The summed E-state index contributed by atoms with van der Waals surface area (Å²) in [5, 5.41) is 23.0. The molecule has 1 aromatic carbocycles. The number of unbranched alkanes of at least 4 members (excludes halogenated alkanes) is 1. The standard InChI is InChI=1S/C33H52N8O7/c1-18(2)14-25(40-31(46)26(39-29(44)20(5)35)15-21-16-36-23-11-7-6-10-22(21)23)32(47)41-28(19(3)4)33(48)38-24(12-8-9-13-34)30(45)37-17-27(42)43/h6-7,10-11,16,18-20,24-26,28,36H,8-9,12-15,17,34-35H2,1-5H3,(H,37,45)(H,38,48)(H,39,44)(H,40,46)(H,41,47)(H,42,43)/t20-,24-,25-,26-,28-/m0/s1. The number of H-pyrrole nitrogens is 1. The number of fused-ring (bicyclic) bond motifs is 1. The van der Waals surface area contributed by atoms with E-state index in [0.717, 1.165) is 16.5 Å². The first-order chi connectivity index (χ1) is 22.6. The molecule has 0 bridgehead atoms. The van der Waals surface area contributed by atoms with Crippen LogP contribution in [0, 0.1) is 11.8 Å². The molecule has 15 nitrogen and oxygen atoms in total. The number of carbonyl (C=O) groups excluding carboxylic acids is 5. The normalized spacial score (nSPS) is 14.4. The highest BCUT2D eigenvalue weighted by Crippen LogP contribution is 2.19. The number of benzene rings is 1. The molecule has 0 saturated heterocycles. The molecule has 2 aromatic rings. The lowest BCUT2D eigenvalue weighted by Gasteiger charge is -2.29. The van der Waals surface area contributed by atoms with Crippen molar-refractivity contribution in [2.24, 2.45) is 23.3 Å². The van der Waals surface area contributed by atoms with Crippen molar-refractivity contribution in [1.82, 2.24) is 31.6 Å². The van der Waals surface area contributed by atoms with Gasteiger partial charge in [-0.25, -0.2) is 0 Å². The van der Waals surface area contributed by atoms with Crippen molar-refractivity contribution < 1.29 is 33.9 Å². The molecule has 2 rings (SSSR count). The third kappa shape index (κ3) is 12.6. The van der Waals surface area contributed by atoms with Crippen LogP contribution >= 0.6 is 0 Å². The summed E-state index contributed by atoms with van der Waals surface area (Å²) in [6.07, 6.45) is 3.41. The molecular weight excluding hydrogens is 620 g/mol. The van der Waals surface area contributed by atoms with E-state index in [0.29, 0.717) is 19.4 Å². The first kappa shape index (κ1) is 39.7. The predicted octanol–water partition coefficient (Wildman–Crippen LogP) is 0.0287. The van der Waals surface area contributed by atoms with Crippen molar-refractivity contribution in [3.8, 4) is 0 Å². The predicted molar refractivity (Wildman–Crippen MR) is 181 cm³/mol. The first-order valence-corrected chi connectivity index (χ1v) is 16.4. The van der Waals surface area contributed by atoms with Crippen LogP contribution in [0.5, 0.6) is 0 Å². The van der Waals surface area contributed by atoms with Gasteiger partial charge in [0.2, 0.25) is 29.5 Å². The van der Waals surface area contributed by atoms with Gasteiger partial charge >= 0.3 is 5.97 Å². The van der Waals surface area contributed by atoms with Crippen molar-refractivity contribution >= 4 is 46.4 Å². The molecular formula is C33H52N8O7. The number of para-hydroxylation sites is 1. The van der Waals surface area contributed by atoms with Crippen molar-refractivity contribution in [2.45, 2.75) is 96.9 Å². The van der Waals surface area contributed by atoms with E-state index in [1.807, 2.05) is 38.1 Å². The zero-order chi connectivity index (χ0) is 36.0. The second-order valence-corrected chi connectivity index (χ2v) is 12.8. The van der Waals surface area contributed by atoms with E-state index in [1.165, 1.54) is 6.92 Å². The van der Waals surface area contributed by atoms with Crippen LogP contribution in [0.2, 0.25) is 0 Å². The zero-order valence-corrected chi connectivity index (χ0v) is 28.4. The Morgan fingerprint density at radius 2 is 1.42 bits per heavy atom. The minimum atomic E-state index is -1.23. The Morgan fingerprint density at radius 1 is 0.792 bits per heavy atom. The van der Waals surface area contributed by atoms with Crippen molar-refractivity contribution in [3.05, 3.63) is 36.0 Å². The highest BCUT2D eigenvalue weighted by molar-refractivity contribution is 5.96. The van der Waals surface area contributed by atoms with Gasteiger partial charge in [-0.1, -0.05) is 45.9 Å². The van der Waals surface area contributed by atoms with Crippen LogP contribution in [0.15, 0.2) is 30.5 Å². The summed E-state index contributed by atoms with van der Waals surface area (Å²) < 4.78 is 0. The number of nitrogens with two attached hydrogens (primary N) is 2. The number of carbonyl (C=O) groups is 6. The summed E-state index contributed by atoms with van der Waals surface area (Å²) in [6.45, 7) is 8.45. The molecule has 0 saturated carbocycles. The number of carboxylic acid groups (broad SMARTS) is 1. The average molecular weight is 673 g/mol. The third-order valence-corrected chi connectivity index (χ3v) is 7.73. The number of amides is 5. The average Bonchev–Trinajstić information content (AvgIpc) is 3.43. The smallest absolute Gasteiger partial charge is 0.322 e. The molecule has 11 N–H and O–H groups in total. The van der Waals surface area contributed by atoms with Crippen molar-refractivity contribution in [2.75, 3.05) is 13.1 Å². The number of aromatic nitrogens is 1. The summed E-state index contributed by atoms with van der Waals surface area (Å²) in [5.74, 6) is -4.76. The van der Waals surface area contributed by atoms with Crippen LogP contribution in [-0.4, -0.2) is 88.9 Å². The van der Waals surface area contributed by atoms with Gasteiger partial charge in [0.15, 0.2) is 0 Å². The van der Waals surface area contributed by atoms with E-state index in [-0.39, 0.29) is 25.2 Å². The number of nitrogens with one attached hydrogen (secondary N) is 6. The fourth-order valence-corrected chi connectivity index (χ4v) is 5.11. The highest BCUT2D eigenvalue weighted by Gasteiger charge is 2.33. The van der Waals surface area contributed by atoms with Crippen LogP contribution in [0.25, 0.3) is 10.9 Å². The molecule has 0 spiro atoms. The molecule has 15 heteroatoms. The number of hydrogen-bond donors (Lipinski definition) is 9. The van der Waals surface area contributed by atoms with Gasteiger partial charge in [-0.3, -0.25) is 28.8 Å². The summed E-state index contributed by atoms with van der Waals surface area (Å²) in [6, 6.07) is 2.38. The first-order valence-electron chi connectivity index (χ1n) is 16.4. The van der Waals surface area contributed by atoms with Crippen LogP contribution in [0.3, 0.4) is 0 Å². The Bertz CT molecular complexity index is 1410. The van der Waals surface area contributed by atoms with Crippen LogP contribution < -0.4 is 38.1 Å². The maximum atomic E-state index is 13.7. The third-order valence-electron chi connectivity index (χ3n) is 7.73. The monoisotopic (exact) mass is 672 g/mol. The zero-order valence-electron chi connectivity index (χ0n) is 28.4. The van der Waals surface area contributed by atoms with E-state index in [9.17, 15) is 28.8 Å². The lowest BCUT2D eigenvalue weighted by atomic mass is 9.98. The molecule has 0 aliphatic rings. The molecule has 5 amide bonds. The number of hydrogen-bond acceptors (Lipinski definition) is 8. The summed E-state index contributed by atoms with van der Waals surface area (Å²) in [7, 11) is 0. The molecule has 0 aliphatic carbocycles. The van der Waals surface area contributed by atoms with Crippen LogP contribution in [0.1, 0.15) is 65.9 Å². The largest absolute Gasteiger partial charge is 0.480 e. The molecule has 0 fully saturated rings. The Morgan fingerprint density at radius 3 is 2.02 bits per heavy atom. The second kappa shape index (κ2) is 19.4. The van der Waals surface area contributed by atoms with Crippen molar-refractivity contribution in [1.29, 1.82) is 0 Å². The fourth-order valence-electron chi connectivity index (χ4n) is 5.11. The maximum absolute atomic E-state index is 13.7.